The highest BCUT2D eigenvalue weighted by molar-refractivity contribution is 6.31. The first-order valence-corrected chi connectivity index (χ1v) is 8.80. The van der Waals surface area contributed by atoms with E-state index in [1.165, 1.54) is 6.42 Å². The van der Waals surface area contributed by atoms with Crippen molar-refractivity contribution >= 4 is 17.5 Å². The summed E-state index contributed by atoms with van der Waals surface area (Å²) in [5, 5.41) is 16.2. The van der Waals surface area contributed by atoms with Crippen LogP contribution in [0.25, 0.3) is 5.69 Å². The van der Waals surface area contributed by atoms with Crippen molar-refractivity contribution in [3.8, 4) is 5.69 Å². The summed E-state index contributed by atoms with van der Waals surface area (Å²) >= 11 is 6.26. The Kier molecular flexibility index (Phi) is 4.85. The van der Waals surface area contributed by atoms with Gasteiger partial charge >= 0.3 is 0 Å². The molecule has 1 heterocycles. The number of halogens is 1. The van der Waals surface area contributed by atoms with Crippen molar-refractivity contribution in [2.75, 3.05) is 0 Å². The Morgan fingerprint density at radius 2 is 2.08 bits per heavy atom. The van der Waals surface area contributed by atoms with Crippen molar-refractivity contribution in [2.24, 2.45) is 0 Å². The van der Waals surface area contributed by atoms with Gasteiger partial charge in [-0.05, 0) is 47.9 Å². The number of benzene rings is 1. The van der Waals surface area contributed by atoms with Gasteiger partial charge in [0.15, 0.2) is 5.82 Å². The lowest BCUT2D eigenvalue weighted by atomic mass is 9.80. The second kappa shape index (κ2) is 6.89. The van der Waals surface area contributed by atoms with E-state index >= 15 is 0 Å². The number of aromatic nitrogens is 4. The first-order valence-electron chi connectivity index (χ1n) is 8.42. The molecule has 1 N–H and O–H groups in total. The van der Waals surface area contributed by atoms with E-state index in [1.54, 1.807) is 4.68 Å². The van der Waals surface area contributed by atoms with Gasteiger partial charge in [0, 0.05) is 11.4 Å². The second-order valence-electron chi connectivity index (χ2n) is 6.39. The van der Waals surface area contributed by atoms with Crippen molar-refractivity contribution in [3.63, 3.8) is 0 Å². The minimum Gasteiger partial charge on any atom is -0.343 e. The Morgan fingerprint density at radius 3 is 2.75 bits per heavy atom. The van der Waals surface area contributed by atoms with Crippen LogP contribution in [-0.2, 0) is 10.3 Å². The summed E-state index contributed by atoms with van der Waals surface area (Å²) in [7, 11) is 0. The van der Waals surface area contributed by atoms with E-state index in [0.717, 1.165) is 36.9 Å². The summed E-state index contributed by atoms with van der Waals surface area (Å²) in [6.07, 6.45) is 5.40. The van der Waals surface area contributed by atoms with Crippen LogP contribution in [-0.4, -0.2) is 26.1 Å². The minimum absolute atomic E-state index is 0.0217. The number of hydrogen-bond acceptors (Lipinski definition) is 4. The van der Waals surface area contributed by atoms with Crippen LogP contribution in [0.5, 0.6) is 0 Å². The van der Waals surface area contributed by atoms with Gasteiger partial charge < -0.3 is 5.32 Å². The van der Waals surface area contributed by atoms with Crippen molar-refractivity contribution < 1.29 is 4.79 Å². The second-order valence-corrected chi connectivity index (χ2v) is 6.80. The monoisotopic (exact) mass is 347 g/mol. The first-order chi connectivity index (χ1) is 11.6. The molecule has 0 atom stereocenters. The molecule has 24 heavy (non-hydrogen) atoms. The van der Waals surface area contributed by atoms with Crippen molar-refractivity contribution in [1.29, 1.82) is 0 Å². The number of carbonyl (C=O) groups is 1. The molecule has 0 spiro atoms. The van der Waals surface area contributed by atoms with E-state index in [0.29, 0.717) is 17.3 Å². The maximum atomic E-state index is 12.1. The standard InChI is InChI=1S/C17H22ClN5O/c1-3-15(24)19-17(9-5-4-6-10-17)16-20-21-22-23(16)13-8-7-12(2)14(18)11-13/h7-8,11H,3-6,9-10H2,1-2H3,(H,19,24). The molecule has 1 saturated carbocycles. The van der Waals surface area contributed by atoms with Gasteiger partial charge in [0.2, 0.25) is 5.91 Å². The quantitative estimate of drug-likeness (QED) is 0.920. The van der Waals surface area contributed by atoms with E-state index < -0.39 is 5.54 Å². The van der Waals surface area contributed by atoms with E-state index in [1.807, 2.05) is 32.0 Å². The van der Waals surface area contributed by atoms with Crippen LogP contribution in [0.3, 0.4) is 0 Å². The summed E-state index contributed by atoms with van der Waals surface area (Å²) in [5.74, 6) is 0.706. The number of tetrazole rings is 1. The van der Waals surface area contributed by atoms with E-state index in [9.17, 15) is 4.79 Å². The van der Waals surface area contributed by atoms with Gasteiger partial charge in [-0.25, -0.2) is 0 Å². The molecule has 1 amide bonds. The molecule has 1 aliphatic rings. The zero-order valence-electron chi connectivity index (χ0n) is 14.0. The van der Waals surface area contributed by atoms with Gasteiger partial charge in [-0.2, -0.15) is 4.68 Å². The van der Waals surface area contributed by atoms with Gasteiger partial charge in [0.1, 0.15) is 5.54 Å². The third-order valence-electron chi connectivity index (χ3n) is 4.70. The summed E-state index contributed by atoms with van der Waals surface area (Å²) in [6.45, 7) is 3.81. The Balaban J connectivity index is 2.04. The number of nitrogens with zero attached hydrogens (tertiary/aromatic N) is 4. The number of aryl methyl sites for hydroxylation is 1. The lowest BCUT2D eigenvalue weighted by molar-refractivity contribution is -0.123. The van der Waals surface area contributed by atoms with Crippen LogP contribution in [0.4, 0.5) is 0 Å². The number of rotatable bonds is 4. The molecule has 1 fully saturated rings. The van der Waals surface area contributed by atoms with Gasteiger partial charge in [-0.3, -0.25) is 4.79 Å². The van der Waals surface area contributed by atoms with Crippen LogP contribution in [0.1, 0.15) is 56.8 Å². The number of carbonyl (C=O) groups excluding carboxylic acids is 1. The third-order valence-corrected chi connectivity index (χ3v) is 5.11. The summed E-state index contributed by atoms with van der Waals surface area (Å²) in [4.78, 5) is 12.1. The van der Waals surface area contributed by atoms with Crippen LogP contribution in [0.2, 0.25) is 5.02 Å². The van der Waals surface area contributed by atoms with E-state index in [2.05, 4.69) is 20.8 Å². The highest BCUT2D eigenvalue weighted by atomic mass is 35.5. The minimum atomic E-state index is -0.508. The summed E-state index contributed by atoms with van der Waals surface area (Å²) < 4.78 is 1.70. The van der Waals surface area contributed by atoms with Crippen molar-refractivity contribution in [2.45, 2.75) is 57.9 Å². The van der Waals surface area contributed by atoms with Crippen molar-refractivity contribution in [1.82, 2.24) is 25.5 Å². The predicted molar refractivity (Wildman–Crippen MR) is 92.1 cm³/mol. The Hall–Kier alpha value is -1.95. The fourth-order valence-corrected chi connectivity index (χ4v) is 3.46. The van der Waals surface area contributed by atoms with Gasteiger partial charge in [-0.15, -0.1) is 5.10 Å². The predicted octanol–water partition coefficient (Wildman–Crippen LogP) is 3.31. The van der Waals surface area contributed by atoms with Crippen LogP contribution in [0, 0.1) is 6.92 Å². The molecular formula is C17H22ClN5O. The van der Waals surface area contributed by atoms with Gasteiger partial charge in [0.25, 0.3) is 0 Å². The SMILES string of the molecule is CCC(=O)NC1(c2nnnn2-c2ccc(C)c(Cl)c2)CCCCC1. The average Bonchev–Trinajstić information content (AvgIpc) is 3.08. The van der Waals surface area contributed by atoms with E-state index in [4.69, 9.17) is 11.6 Å². The highest BCUT2D eigenvalue weighted by Crippen LogP contribution is 2.37. The fourth-order valence-electron chi connectivity index (χ4n) is 3.29. The average molecular weight is 348 g/mol. The van der Waals surface area contributed by atoms with Crippen LogP contribution < -0.4 is 5.32 Å². The molecule has 1 aromatic carbocycles. The molecule has 3 rings (SSSR count). The molecule has 0 unspecified atom stereocenters. The Morgan fingerprint density at radius 1 is 1.33 bits per heavy atom. The van der Waals surface area contributed by atoms with Crippen LogP contribution >= 0.6 is 11.6 Å². The van der Waals surface area contributed by atoms with Gasteiger partial charge in [-0.1, -0.05) is 43.9 Å². The Labute approximate surface area is 146 Å². The first kappa shape index (κ1) is 16.9. The molecule has 0 bridgehead atoms. The zero-order chi connectivity index (χ0) is 17.2. The molecule has 128 valence electrons. The van der Waals surface area contributed by atoms with E-state index in [-0.39, 0.29) is 5.91 Å². The summed E-state index contributed by atoms with van der Waals surface area (Å²) in [5.41, 5.74) is 1.30. The van der Waals surface area contributed by atoms with Crippen LogP contribution in [0.15, 0.2) is 18.2 Å². The maximum Gasteiger partial charge on any atom is 0.220 e. The number of amides is 1. The molecule has 0 radical (unpaired) electrons. The third kappa shape index (κ3) is 3.15. The molecule has 6 nitrogen and oxygen atoms in total. The molecule has 0 saturated heterocycles. The van der Waals surface area contributed by atoms with Crippen molar-refractivity contribution in [3.05, 3.63) is 34.6 Å². The zero-order valence-corrected chi connectivity index (χ0v) is 14.8. The normalized spacial score (nSPS) is 16.8. The Bertz CT molecular complexity index is 736. The highest BCUT2D eigenvalue weighted by Gasteiger charge is 2.40. The number of nitrogens with one attached hydrogen (secondary N) is 1. The fraction of sp³-hybridized carbons (Fsp3) is 0.529. The molecule has 0 aliphatic heterocycles. The summed E-state index contributed by atoms with van der Waals surface area (Å²) in [6, 6.07) is 5.75. The largest absolute Gasteiger partial charge is 0.343 e. The molecule has 1 aliphatic carbocycles. The lowest BCUT2D eigenvalue weighted by Gasteiger charge is -2.36. The maximum absolute atomic E-state index is 12.1. The topological polar surface area (TPSA) is 72.7 Å². The number of hydrogen-bond donors (Lipinski definition) is 1. The van der Waals surface area contributed by atoms with Gasteiger partial charge in [0.05, 0.1) is 5.69 Å². The smallest absolute Gasteiger partial charge is 0.220 e. The molecule has 2 aromatic rings. The molecule has 1 aromatic heterocycles. The molecule has 7 heteroatoms. The molecular weight excluding hydrogens is 326 g/mol. The lowest BCUT2D eigenvalue weighted by Crippen LogP contribution is -2.48.